The van der Waals surface area contributed by atoms with Gasteiger partial charge in [0.2, 0.25) is 0 Å². The smallest absolute Gasteiger partial charge is 0.342 e. The molecule has 0 aliphatic heterocycles. The number of furan rings is 1. The highest BCUT2D eigenvalue weighted by Crippen LogP contribution is 2.14. The van der Waals surface area contributed by atoms with Gasteiger partial charge in [0.15, 0.2) is 12.4 Å². The number of esters is 1. The molecular formula is C13H14N2O4. The molecule has 0 unspecified atom stereocenters. The highest BCUT2D eigenvalue weighted by atomic mass is 16.5. The van der Waals surface area contributed by atoms with E-state index in [0.29, 0.717) is 11.5 Å². The molecule has 1 atom stereocenters. The lowest BCUT2D eigenvalue weighted by Gasteiger charge is -2.06. The van der Waals surface area contributed by atoms with E-state index in [9.17, 15) is 9.59 Å². The summed E-state index contributed by atoms with van der Waals surface area (Å²) in [5.74, 6) is -1.47. The van der Waals surface area contributed by atoms with Crippen LogP contribution >= 0.6 is 0 Å². The van der Waals surface area contributed by atoms with Crippen LogP contribution in [0.2, 0.25) is 0 Å². The van der Waals surface area contributed by atoms with Crippen molar-refractivity contribution in [1.82, 2.24) is 0 Å². The lowest BCUT2D eigenvalue weighted by Crippen LogP contribution is -2.25. The molecule has 0 saturated carbocycles. The Hall–Kier alpha value is -2.42. The van der Waals surface area contributed by atoms with Gasteiger partial charge < -0.3 is 14.6 Å². The minimum absolute atomic E-state index is 0.0705. The molecule has 0 fully saturated rings. The zero-order valence-corrected chi connectivity index (χ0v) is 10.9. The highest BCUT2D eigenvalue weighted by molar-refractivity contribution is 6.06. The average Bonchev–Trinajstić information content (AvgIpc) is 2.66. The molecule has 1 heterocycles. The van der Waals surface area contributed by atoms with E-state index in [2.05, 4.69) is 0 Å². The van der Waals surface area contributed by atoms with Crippen molar-refractivity contribution in [2.75, 3.05) is 6.61 Å². The summed E-state index contributed by atoms with van der Waals surface area (Å²) in [7, 11) is 0. The molecule has 0 aliphatic carbocycles. The number of ether oxygens (including phenoxy) is 1. The lowest BCUT2D eigenvalue weighted by atomic mass is 10.0. The fourth-order valence-electron chi connectivity index (χ4n) is 1.54. The summed E-state index contributed by atoms with van der Waals surface area (Å²) in [5, 5.41) is 16.0. The maximum absolute atomic E-state index is 11.7. The average molecular weight is 262 g/mol. The molecular weight excluding hydrogens is 248 g/mol. The first-order valence-electron chi connectivity index (χ1n) is 5.58. The Bertz CT molecular complexity index is 566. The van der Waals surface area contributed by atoms with Gasteiger partial charge in [0.1, 0.15) is 23.0 Å². The third-order valence-corrected chi connectivity index (χ3v) is 2.49. The summed E-state index contributed by atoms with van der Waals surface area (Å²) in [4.78, 5) is 23.3. The summed E-state index contributed by atoms with van der Waals surface area (Å²) in [5.41, 5.74) is 0.185. The zero-order valence-electron chi connectivity index (χ0n) is 10.9. The first-order valence-corrected chi connectivity index (χ1v) is 5.58. The maximum Gasteiger partial charge on any atom is 0.342 e. The number of carbonyl (C=O) groups excluding carboxylic acids is 2. The fraction of sp³-hybridized carbons (Fsp3) is 0.385. The van der Waals surface area contributed by atoms with Crippen molar-refractivity contribution in [2.24, 2.45) is 5.92 Å². The van der Waals surface area contributed by atoms with Crippen LogP contribution in [0, 0.1) is 36.5 Å². The molecule has 0 aromatic carbocycles. The normalized spacial score (nSPS) is 11.5. The molecule has 0 amide bonds. The van der Waals surface area contributed by atoms with Gasteiger partial charge in [-0.05, 0) is 26.8 Å². The molecule has 0 radical (unpaired) electrons. The summed E-state index contributed by atoms with van der Waals surface area (Å²) in [6, 6.07) is 3.22. The number of nitriles is 1. The van der Waals surface area contributed by atoms with Gasteiger partial charge in [-0.3, -0.25) is 4.79 Å². The van der Waals surface area contributed by atoms with E-state index in [1.807, 2.05) is 0 Å². The van der Waals surface area contributed by atoms with Crippen LogP contribution in [-0.4, -0.2) is 24.1 Å². The number of aryl methyl sites for hydroxylation is 2. The van der Waals surface area contributed by atoms with Crippen molar-refractivity contribution >= 4 is 17.5 Å². The van der Waals surface area contributed by atoms with E-state index >= 15 is 0 Å². The quantitative estimate of drug-likeness (QED) is 0.643. The molecule has 19 heavy (non-hydrogen) atoms. The van der Waals surface area contributed by atoms with Crippen LogP contribution in [0.15, 0.2) is 10.5 Å². The van der Waals surface area contributed by atoms with E-state index in [-0.39, 0.29) is 11.3 Å². The molecule has 6 heteroatoms. The Labute approximate surface area is 110 Å². The third-order valence-electron chi connectivity index (χ3n) is 2.49. The highest BCUT2D eigenvalue weighted by Gasteiger charge is 2.23. The van der Waals surface area contributed by atoms with E-state index in [1.165, 1.54) is 13.0 Å². The lowest BCUT2D eigenvalue weighted by molar-refractivity contribution is -0.122. The van der Waals surface area contributed by atoms with Crippen molar-refractivity contribution in [3.05, 3.63) is 23.2 Å². The Balaban J connectivity index is 2.65. The van der Waals surface area contributed by atoms with Crippen molar-refractivity contribution in [1.29, 1.82) is 10.7 Å². The molecule has 1 aromatic rings. The molecule has 0 aliphatic rings. The van der Waals surface area contributed by atoms with E-state index in [4.69, 9.17) is 19.8 Å². The second-order valence-corrected chi connectivity index (χ2v) is 4.11. The predicted molar refractivity (Wildman–Crippen MR) is 66.0 cm³/mol. The van der Waals surface area contributed by atoms with Gasteiger partial charge >= 0.3 is 5.97 Å². The standard InChI is InChI=1S/C13H14N2O4/c1-7-4-10(9(3)19-7)13(17)18-6-12(16)11(5-14)8(2)15/h4,11,15H,6H2,1-3H3/t11-/m1/s1. The minimum Gasteiger partial charge on any atom is -0.466 e. The van der Waals surface area contributed by atoms with Gasteiger partial charge in [0, 0.05) is 5.71 Å². The molecule has 1 N–H and O–H groups in total. The van der Waals surface area contributed by atoms with E-state index in [1.54, 1.807) is 19.9 Å². The number of rotatable bonds is 5. The first kappa shape index (κ1) is 14.6. The van der Waals surface area contributed by atoms with Gasteiger partial charge in [0.05, 0.1) is 6.07 Å². The van der Waals surface area contributed by atoms with Crippen molar-refractivity contribution in [3.63, 3.8) is 0 Å². The Kier molecular flexibility index (Phi) is 4.59. The monoisotopic (exact) mass is 262 g/mol. The second kappa shape index (κ2) is 5.96. The maximum atomic E-state index is 11.7. The number of nitrogens with zero attached hydrogens (tertiary/aromatic N) is 1. The number of carbonyl (C=O) groups is 2. The SMILES string of the molecule is CC(=N)[C@@H](C#N)C(=O)COC(=O)c1cc(C)oc1C. The Morgan fingerprint density at radius 2 is 2.16 bits per heavy atom. The molecule has 0 spiro atoms. The third kappa shape index (κ3) is 3.52. The first-order chi connectivity index (χ1) is 8.86. The van der Waals surface area contributed by atoms with Crippen molar-refractivity contribution in [2.45, 2.75) is 20.8 Å². The van der Waals surface area contributed by atoms with Crippen LogP contribution in [0.25, 0.3) is 0 Å². The predicted octanol–water partition coefficient (Wildman–Crippen LogP) is 1.80. The number of hydrogen-bond acceptors (Lipinski definition) is 6. The molecule has 1 rings (SSSR count). The van der Waals surface area contributed by atoms with Crippen molar-refractivity contribution < 1.29 is 18.7 Å². The van der Waals surface area contributed by atoms with Crippen molar-refractivity contribution in [3.8, 4) is 6.07 Å². The van der Waals surface area contributed by atoms with Gasteiger partial charge in [-0.15, -0.1) is 0 Å². The Morgan fingerprint density at radius 1 is 1.53 bits per heavy atom. The van der Waals surface area contributed by atoms with Gasteiger partial charge in [-0.1, -0.05) is 0 Å². The van der Waals surface area contributed by atoms with Crippen LogP contribution in [-0.2, 0) is 9.53 Å². The van der Waals surface area contributed by atoms with Gasteiger partial charge in [-0.2, -0.15) is 5.26 Å². The number of nitrogens with one attached hydrogen (secondary N) is 1. The molecule has 1 aromatic heterocycles. The second-order valence-electron chi connectivity index (χ2n) is 4.11. The fourth-order valence-corrected chi connectivity index (χ4v) is 1.54. The van der Waals surface area contributed by atoms with Crippen LogP contribution in [0.5, 0.6) is 0 Å². The van der Waals surface area contributed by atoms with Crippen LogP contribution < -0.4 is 0 Å². The molecule has 100 valence electrons. The summed E-state index contributed by atoms with van der Waals surface area (Å²) < 4.78 is 10.00. The largest absolute Gasteiger partial charge is 0.466 e. The topological polar surface area (TPSA) is 104 Å². The number of ketones is 1. The van der Waals surface area contributed by atoms with Crippen LogP contribution in [0.3, 0.4) is 0 Å². The van der Waals surface area contributed by atoms with E-state index in [0.717, 1.165) is 0 Å². The zero-order chi connectivity index (χ0) is 14.6. The summed E-state index contributed by atoms with van der Waals surface area (Å²) >= 11 is 0. The van der Waals surface area contributed by atoms with Crippen LogP contribution in [0.1, 0.15) is 28.8 Å². The van der Waals surface area contributed by atoms with Gasteiger partial charge in [-0.25, -0.2) is 4.79 Å². The molecule has 0 bridgehead atoms. The van der Waals surface area contributed by atoms with Gasteiger partial charge in [0.25, 0.3) is 0 Å². The number of hydrogen-bond donors (Lipinski definition) is 1. The number of Topliss-reactive ketones (excluding diaryl/α,β-unsaturated/α-hetero) is 1. The van der Waals surface area contributed by atoms with E-state index < -0.39 is 24.3 Å². The Morgan fingerprint density at radius 3 is 2.58 bits per heavy atom. The molecule has 6 nitrogen and oxygen atoms in total. The molecule has 0 saturated heterocycles. The minimum atomic E-state index is -1.17. The van der Waals surface area contributed by atoms with Crippen LogP contribution in [0.4, 0.5) is 0 Å². The summed E-state index contributed by atoms with van der Waals surface area (Å²) in [6.45, 7) is 4.14. The summed E-state index contributed by atoms with van der Waals surface area (Å²) in [6.07, 6.45) is 0.